The van der Waals surface area contributed by atoms with Crippen LogP contribution in [-0.4, -0.2) is 18.1 Å². The van der Waals surface area contributed by atoms with E-state index in [1.807, 2.05) is 6.07 Å². The van der Waals surface area contributed by atoms with Gasteiger partial charge in [0.2, 0.25) is 5.88 Å². The molecule has 0 atom stereocenters. The number of nitrogens with one attached hydrogen (secondary N) is 1. The summed E-state index contributed by atoms with van der Waals surface area (Å²) in [5.41, 5.74) is 1.06. The van der Waals surface area contributed by atoms with E-state index in [9.17, 15) is 0 Å². The third-order valence-electron chi connectivity index (χ3n) is 3.78. The molecule has 0 bridgehead atoms. The van der Waals surface area contributed by atoms with Crippen LogP contribution in [0.1, 0.15) is 45.1 Å². The number of nitrogens with zero attached hydrogens (tertiary/aromatic N) is 1. The summed E-state index contributed by atoms with van der Waals surface area (Å²) in [6.45, 7) is 6.89. The highest BCUT2D eigenvalue weighted by molar-refractivity contribution is 6.31. The van der Waals surface area contributed by atoms with Crippen LogP contribution in [-0.2, 0) is 6.54 Å². The molecule has 1 aliphatic rings. The van der Waals surface area contributed by atoms with Gasteiger partial charge in [-0.05, 0) is 30.4 Å². The van der Waals surface area contributed by atoms with Crippen LogP contribution in [0.4, 0.5) is 0 Å². The van der Waals surface area contributed by atoms with E-state index < -0.39 is 0 Å². The minimum Gasteiger partial charge on any atom is -0.478 e. The van der Waals surface area contributed by atoms with Crippen LogP contribution in [0.5, 0.6) is 5.88 Å². The Morgan fingerprint density at radius 3 is 2.90 bits per heavy atom. The van der Waals surface area contributed by atoms with E-state index in [2.05, 4.69) is 24.1 Å². The van der Waals surface area contributed by atoms with Crippen LogP contribution in [0.15, 0.2) is 12.3 Å². The van der Waals surface area contributed by atoms with Crippen molar-refractivity contribution in [1.82, 2.24) is 10.3 Å². The number of hydrogen-bond acceptors (Lipinski definition) is 3. The normalized spacial score (nSPS) is 15.4. The van der Waals surface area contributed by atoms with Gasteiger partial charge in [0, 0.05) is 18.8 Å². The highest BCUT2D eigenvalue weighted by Crippen LogP contribution is 2.29. The second kappa shape index (κ2) is 7.84. The van der Waals surface area contributed by atoms with Crippen LogP contribution < -0.4 is 10.1 Å². The molecule has 1 N–H and O–H groups in total. The summed E-state index contributed by atoms with van der Waals surface area (Å²) in [4.78, 5) is 4.24. The zero-order valence-corrected chi connectivity index (χ0v) is 13.2. The molecule has 2 rings (SSSR count). The van der Waals surface area contributed by atoms with Gasteiger partial charge in [0.05, 0.1) is 11.6 Å². The van der Waals surface area contributed by atoms with Gasteiger partial charge in [0.25, 0.3) is 0 Å². The Morgan fingerprint density at radius 1 is 1.45 bits per heavy atom. The van der Waals surface area contributed by atoms with Crippen molar-refractivity contribution in [1.29, 1.82) is 0 Å². The summed E-state index contributed by atoms with van der Waals surface area (Å²) in [5, 5.41) is 4.10. The number of hydrogen-bond donors (Lipinski definition) is 1. The fourth-order valence-corrected chi connectivity index (χ4v) is 2.45. The van der Waals surface area contributed by atoms with Gasteiger partial charge in [0.1, 0.15) is 0 Å². The number of rotatable bonds is 8. The molecule has 1 aliphatic carbocycles. The van der Waals surface area contributed by atoms with E-state index in [4.69, 9.17) is 16.3 Å². The number of pyridine rings is 1. The predicted molar refractivity (Wildman–Crippen MR) is 83.2 cm³/mol. The van der Waals surface area contributed by atoms with Crippen molar-refractivity contribution in [2.24, 2.45) is 11.8 Å². The molecule has 0 radical (unpaired) electrons. The van der Waals surface area contributed by atoms with Gasteiger partial charge < -0.3 is 10.1 Å². The molecule has 0 aromatic carbocycles. The van der Waals surface area contributed by atoms with Crippen LogP contribution >= 0.6 is 11.6 Å². The summed E-state index contributed by atoms with van der Waals surface area (Å²) in [7, 11) is 0. The van der Waals surface area contributed by atoms with Gasteiger partial charge in [-0.2, -0.15) is 0 Å². The molecule has 1 saturated carbocycles. The zero-order chi connectivity index (χ0) is 14.4. The van der Waals surface area contributed by atoms with Crippen molar-refractivity contribution in [3.8, 4) is 5.88 Å². The monoisotopic (exact) mass is 296 g/mol. The van der Waals surface area contributed by atoms with Crippen LogP contribution in [0.2, 0.25) is 5.02 Å². The first-order valence-electron chi connectivity index (χ1n) is 7.63. The van der Waals surface area contributed by atoms with Gasteiger partial charge in [-0.15, -0.1) is 0 Å². The van der Waals surface area contributed by atoms with E-state index >= 15 is 0 Å². The van der Waals surface area contributed by atoms with E-state index in [-0.39, 0.29) is 0 Å². The summed E-state index contributed by atoms with van der Waals surface area (Å²) < 4.78 is 5.74. The van der Waals surface area contributed by atoms with E-state index in [1.165, 1.54) is 19.3 Å². The van der Waals surface area contributed by atoms with Crippen molar-refractivity contribution >= 4 is 11.6 Å². The fourth-order valence-electron chi connectivity index (χ4n) is 2.28. The highest BCUT2D eigenvalue weighted by Gasteiger charge is 2.17. The molecule has 3 nitrogen and oxygen atoms in total. The lowest BCUT2D eigenvalue weighted by Crippen LogP contribution is -2.19. The van der Waals surface area contributed by atoms with Crippen LogP contribution in [0.3, 0.4) is 0 Å². The average Bonchev–Trinajstić information content (AvgIpc) is 2.35. The Labute approximate surface area is 127 Å². The molecule has 1 aromatic rings. The Bertz CT molecular complexity index is 419. The summed E-state index contributed by atoms with van der Waals surface area (Å²) >= 11 is 6.17. The smallest absolute Gasteiger partial charge is 0.213 e. The molecule has 20 heavy (non-hydrogen) atoms. The molecule has 0 amide bonds. The predicted octanol–water partition coefficient (Wildman–Crippen LogP) is 4.05. The van der Waals surface area contributed by atoms with Crippen LogP contribution in [0, 0.1) is 11.8 Å². The maximum atomic E-state index is 6.17. The summed E-state index contributed by atoms with van der Waals surface area (Å²) in [5.74, 6) is 2.19. The standard InChI is InChI=1S/C16H25ClN2O/c1-12(2)9-18-10-14-8-16(19-11-15(14)17)20-7-6-13-4-3-5-13/h8,11-13,18H,3-7,9-10H2,1-2H3. The molecule has 1 fully saturated rings. The molecule has 112 valence electrons. The van der Waals surface area contributed by atoms with Gasteiger partial charge in [-0.25, -0.2) is 4.98 Å². The third-order valence-corrected chi connectivity index (χ3v) is 4.12. The minimum atomic E-state index is 0.633. The maximum absolute atomic E-state index is 6.17. The molecule has 0 aliphatic heterocycles. The number of aromatic nitrogens is 1. The van der Waals surface area contributed by atoms with Crippen LogP contribution in [0.25, 0.3) is 0 Å². The van der Waals surface area contributed by atoms with E-state index in [1.54, 1.807) is 6.20 Å². The Morgan fingerprint density at radius 2 is 2.25 bits per heavy atom. The molecular formula is C16H25ClN2O. The first-order chi connectivity index (χ1) is 9.65. The minimum absolute atomic E-state index is 0.633. The molecule has 1 aromatic heterocycles. The SMILES string of the molecule is CC(C)CNCc1cc(OCCC2CCC2)ncc1Cl. The first kappa shape index (κ1) is 15.6. The largest absolute Gasteiger partial charge is 0.478 e. The molecular weight excluding hydrogens is 272 g/mol. The topological polar surface area (TPSA) is 34.1 Å². The fraction of sp³-hybridized carbons (Fsp3) is 0.688. The van der Waals surface area contributed by atoms with Gasteiger partial charge in [0.15, 0.2) is 0 Å². The second-order valence-corrected chi connectivity index (χ2v) is 6.48. The molecule has 4 heteroatoms. The van der Waals surface area contributed by atoms with E-state index in [0.29, 0.717) is 16.8 Å². The Kier molecular flexibility index (Phi) is 6.11. The van der Waals surface area contributed by atoms with Crippen molar-refractivity contribution in [2.45, 2.75) is 46.1 Å². The van der Waals surface area contributed by atoms with Gasteiger partial charge in [-0.1, -0.05) is 44.7 Å². The van der Waals surface area contributed by atoms with Crippen molar-refractivity contribution < 1.29 is 4.74 Å². The summed E-state index contributed by atoms with van der Waals surface area (Å²) in [6.07, 6.45) is 6.94. The second-order valence-electron chi connectivity index (χ2n) is 6.07. The Hall–Kier alpha value is -0.800. The number of halogens is 1. The highest BCUT2D eigenvalue weighted by atomic mass is 35.5. The summed E-state index contributed by atoms with van der Waals surface area (Å²) in [6, 6.07) is 1.95. The molecule has 0 saturated heterocycles. The lowest BCUT2D eigenvalue weighted by Gasteiger charge is -2.24. The van der Waals surface area contributed by atoms with Gasteiger partial charge in [-0.3, -0.25) is 0 Å². The van der Waals surface area contributed by atoms with Crippen molar-refractivity contribution in [3.63, 3.8) is 0 Å². The first-order valence-corrected chi connectivity index (χ1v) is 8.01. The zero-order valence-electron chi connectivity index (χ0n) is 12.5. The maximum Gasteiger partial charge on any atom is 0.213 e. The van der Waals surface area contributed by atoms with E-state index in [0.717, 1.165) is 37.6 Å². The van der Waals surface area contributed by atoms with Gasteiger partial charge >= 0.3 is 0 Å². The number of ether oxygens (including phenoxy) is 1. The third kappa shape index (κ3) is 4.95. The lowest BCUT2D eigenvalue weighted by atomic mass is 9.83. The molecule has 1 heterocycles. The Balaban J connectivity index is 1.79. The lowest BCUT2D eigenvalue weighted by molar-refractivity contribution is 0.217. The molecule has 0 unspecified atom stereocenters. The van der Waals surface area contributed by atoms with Crippen molar-refractivity contribution in [2.75, 3.05) is 13.2 Å². The quantitative estimate of drug-likeness (QED) is 0.786. The van der Waals surface area contributed by atoms with Crippen molar-refractivity contribution in [3.05, 3.63) is 22.8 Å². The average molecular weight is 297 g/mol. The molecule has 0 spiro atoms.